The van der Waals surface area contributed by atoms with Gasteiger partial charge in [-0.05, 0) is 39.0 Å². The van der Waals surface area contributed by atoms with E-state index in [-0.39, 0.29) is 0 Å². The molecule has 0 unspecified atom stereocenters. The van der Waals surface area contributed by atoms with Crippen LogP contribution in [0.5, 0.6) is 0 Å². The van der Waals surface area contributed by atoms with Crippen molar-refractivity contribution in [2.75, 3.05) is 11.1 Å². The van der Waals surface area contributed by atoms with Gasteiger partial charge in [0.1, 0.15) is 5.60 Å². The summed E-state index contributed by atoms with van der Waals surface area (Å²) in [5, 5.41) is 2.58. The molecule has 1 aromatic rings. The normalized spacial score (nSPS) is 10.9. The van der Waals surface area contributed by atoms with Crippen LogP contribution in [0.15, 0.2) is 18.2 Å². The Morgan fingerprint density at radius 2 is 2.13 bits per heavy atom. The molecule has 0 aliphatic heterocycles. The van der Waals surface area contributed by atoms with Crippen LogP contribution in [-0.4, -0.2) is 11.7 Å². The van der Waals surface area contributed by atoms with Crippen LogP contribution in [0.1, 0.15) is 20.8 Å². The first-order valence-electron chi connectivity index (χ1n) is 4.64. The van der Waals surface area contributed by atoms with Crippen LogP contribution < -0.4 is 11.1 Å². The molecule has 1 aromatic carbocycles. The van der Waals surface area contributed by atoms with Gasteiger partial charge in [0.15, 0.2) is 0 Å². The lowest BCUT2D eigenvalue weighted by Gasteiger charge is -2.19. The monoisotopic (exact) mass is 207 g/mol. The van der Waals surface area contributed by atoms with E-state index in [0.29, 0.717) is 11.4 Å². The number of nitrogen functional groups attached to an aromatic ring is 1. The topological polar surface area (TPSA) is 64.3 Å². The van der Waals surface area contributed by atoms with Gasteiger partial charge in [0, 0.05) is 17.4 Å². The van der Waals surface area contributed by atoms with Crippen molar-refractivity contribution in [3.63, 3.8) is 0 Å². The zero-order valence-electron chi connectivity index (χ0n) is 9.13. The number of anilines is 2. The van der Waals surface area contributed by atoms with Gasteiger partial charge in [-0.15, -0.1) is 0 Å². The van der Waals surface area contributed by atoms with Gasteiger partial charge in [-0.25, -0.2) is 4.79 Å². The Morgan fingerprint density at radius 1 is 1.47 bits per heavy atom. The Morgan fingerprint density at radius 3 is 2.60 bits per heavy atom. The Bertz CT molecular complexity index is 339. The first kappa shape index (κ1) is 11.4. The van der Waals surface area contributed by atoms with Crippen molar-refractivity contribution in [3.05, 3.63) is 24.3 Å². The minimum absolute atomic E-state index is 0.485. The van der Waals surface area contributed by atoms with Crippen LogP contribution in [0, 0.1) is 6.07 Å². The molecular weight excluding hydrogens is 192 g/mol. The molecule has 0 saturated carbocycles. The number of hydrogen-bond acceptors (Lipinski definition) is 3. The van der Waals surface area contributed by atoms with E-state index < -0.39 is 11.7 Å². The van der Waals surface area contributed by atoms with E-state index in [1.54, 1.807) is 18.2 Å². The second kappa shape index (κ2) is 4.21. The molecule has 0 spiro atoms. The molecular formula is C11H15N2O2. The van der Waals surface area contributed by atoms with Crippen molar-refractivity contribution in [2.45, 2.75) is 26.4 Å². The highest BCUT2D eigenvalue weighted by molar-refractivity contribution is 5.85. The zero-order valence-corrected chi connectivity index (χ0v) is 9.13. The van der Waals surface area contributed by atoms with Crippen LogP contribution in [0.2, 0.25) is 0 Å². The highest BCUT2D eigenvalue weighted by atomic mass is 16.6. The summed E-state index contributed by atoms with van der Waals surface area (Å²) in [4.78, 5) is 11.3. The summed E-state index contributed by atoms with van der Waals surface area (Å²) < 4.78 is 5.08. The maximum Gasteiger partial charge on any atom is 0.412 e. The smallest absolute Gasteiger partial charge is 0.412 e. The molecule has 0 bridgehead atoms. The summed E-state index contributed by atoms with van der Waals surface area (Å²) in [5.74, 6) is 0. The third kappa shape index (κ3) is 4.35. The summed E-state index contributed by atoms with van der Waals surface area (Å²) in [5.41, 5.74) is 6.10. The van der Waals surface area contributed by atoms with E-state index in [1.165, 1.54) is 0 Å². The second-order valence-corrected chi connectivity index (χ2v) is 4.16. The molecule has 81 valence electrons. The van der Waals surface area contributed by atoms with Crippen LogP contribution in [0.3, 0.4) is 0 Å². The molecule has 4 heteroatoms. The van der Waals surface area contributed by atoms with E-state index in [2.05, 4.69) is 11.4 Å². The zero-order chi connectivity index (χ0) is 11.5. The van der Waals surface area contributed by atoms with Crippen molar-refractivity contribution in [3.8, 4) is 0 Å². The van der Waals surface area contributed by atoms with Crippen LogP contribution in [0.25, 0.3) is 0 Å². The molecule has 15 heavy (non-hydrogen) atoms. The van der Waals surface area contributed by atoms with Crippen LogP contribution >= 0.6 is 0 Å². The van der Waals surface area contributed by atoms with Gasteiger partial charge < -0.3 is 10.5 Å². The molecule has 1 radical (unpaired) electrons. The average molecular weight is 207 g/mol. The van der Waals surface area contributed by atoms with E-state index in [1.807, 2.05) is 20.8 Å². The standard InChI is InChI=1S/C11H15N2O2/c1-11(2,3)15-10(14)13-9-6-4-8(12)5-7-9/h4,6-7H,12H2,1-3H3,(H,13,14). The number of ether oxygens (including phenoxy) is 1. The Labute approximate surface area is 89.4 Å². The molecule has 0 aliphatic carbocycles. The number of carbonyl (C=O) groups is 1. The molecule has 0 saturated heterocycles. The van der Waals surface area contributed by atoms with Gasteiger partial charge in [0.05, 0.1) is 0 Å². The van der Waals surface area contributed by atoms with Crippen LogP contribution in [-0.2, 0) is 4.74 Å². The fourth-order valence-corrected chi connectivity index (χ4v) is 0.936. The molecule has 4 nitrogen and oxygen atoms in total. The molecule has 0 atom stereocenters. The number of nitrogens with two attached hydrogens (primary N) is 1. The molecule has 3 N–H and O–H groups in total. The van der Waals surface area contributed by atoms with Gasteiger partial charge in [0.2, 0.25) is 0 Å². The maximum atomic E-state index is 11.3. The predicted molar refractivity (Wildman–Crippen MR) is 59.5 cm³/mol. The fourth-order valence-electron chi connectivity index (χ4n) is 0.936. The lowest BCUT2D eigenvalue weighted by atomic mass is 10.2. The summed E-state index contributed by atoms with van der Waals surface area (Å²) in [6, 6.07) is 7.72. The number of nitrogens with one attached hydrogen (secondary N) is 1. The summed E-state index contributed by atoms with van der Waals surface area (Å²) in [7, 11) is 0. The van der Waals surface area contributed by atoms with Gasteiger partial charge in [-0.2, -0.15) is 0 Å². The van der Waals surface area contributed by atoms with Gasteiger partial charge in [-0.1, -0.05) is 0 Å². The summed E-state index contributed by atoms with van der Waals surface area (Å²) in [6.45, 7) is 5.42. The van der Waals surface area contributed by atoms with Crippen LogP contribution in [0.4, 0.5) is 16.2 Å². The van der Waals surface area contributed by atoms with Gasteiger partial charge in [0.25, 0.3) is 0 Å². The number of amides is 1. The summed E-state index contributed by atoms with van der Waals surface area (Å²) >= 11 is 0. The lowest BCUT2D eigenvalue weighted by molar-refractivity contribution is 0.0636. The first-order valence-corrected chi connectivity index (χ1v) is 4.64. The molecule has 0 aromatic heterocycles. The van der Waals surface area contributed by atoms with E-state index >= 15 is 0 Å². The quantitative estimate of drug-likeness (QED) is 0.695. The molecule has 0 heterocycles. The lowest BCUT2D eigenvalue weighted by Crippen LogP contribution is -2.27. The van der Waals surface area contributed by atoms with Crippen molar-refractivity contribution in [1.29, 1.82) is 0 Å². The third-order valence-electron chi connectivity index (χ3n) is 1.48. The predicted octanol–water partition coefficient (Wildman–Crippen LogP) is 2.42. The molecule has 1 rings (SSSR count). The van der Waals surface area contributed by atoms with E-state index in [0.717, 1.165) is 0 Å². The largest absolute Gasteiger partial charge is 0.444 e. The van der Waals surface area contributed by atoms with Gasteiger partial charge in [-0.3, -0.25) is 5.32 Å². The van der Waals surface area contributed by atoms with Crippen molar-refractivity contribution in [1.82, 2.24) is 0 Å². The first-order chi connectivity index (χ1) is 6.87. The SMILES string of the molecule is CC(C)(C)OC(=O)Nc1c[c]c(N)cc1. The second-order valence-electron chi connectivity index (χ2n) is 4.16. The number of hydrogen-bond donors (Lipinski definition) is 2. The minimum atomic E-state index is -0.498. The molecule has 1 amide bonds. The summed E-state index contributed by atoms with van der Waals surface area (Å²) in [6.07, 6.45) is -0.485. The maximum absolute atomic E-state index is 11.3. The average Bonchev–Trinajstić information content (AvgIpc) is 2.05. The minimum Gasteiger partial charge on any atom is -0.444 e. The fraction of sp³-hybridized carbons (Fsp3) is 0.364. The molecule has 0 fully saturated rings. The molecule has 0 aliphatic rings. The third-order valence-corrected chi connectivity index (χ3v) is 1.48. The highest BCUT2D eigenvalue weighted by Gasteiger charge is 2.15. The van der Waals surface area contributed by atoms with Crippen molar-refractivity contribution >= 4 is 17.5 Å². The Balaban J connectivity index is 2.55. The Kier molecular flexibility index (Phi) is 3.19. The van der Waals surface area contributed by atoms with Crippen molar-refractivity contribution < 1.29 is 9.53 Å². The van der Waals surface area contributed by atoms with Crippen molar-refractivity contribution in [2.24, 2.45) is 0 Å². The number of carbonyl (C=O) groups excluding carboxylic acids is 1. The number of benzene rings is 1. The van der Waals surface area contributed by atoms with E-state index in [9.17, 15) is 4.79 Å². The van der Waals surface area contributed by atoms with Gasteiger partial charge >= 0.3 is 6.09 Å². The number of rotatable bonds is 1. The highest BCUT2D eigenvalue weighted by Crippen LogP contribution is 2.12. The Hall–Kier alpha value is -1.71. The van der Waals surface area contributed by atoms with E-state index in [4.69, 9.17) is 10.5 Å².